The molecule has 9 nitrogen and oxygen atoms in total. The predicted octanol–water partition coefficient (Wildman–Crippen LogP) is 0.388. The minimum Gasteiger partial charge on any atom is -0.481 e. The number of hydrogen-bond acceptors (Lipinski definition) is 6. The van der Waals surface area contributed by atoms with E-state index in [-0.39, 0.29) is 18.0 Å². The number of amides is 2. The Morgan fingerprint density at radius 3 is 2.85 bits per heavy atom. The molecule has 0 saturated heterocycles. The van der Waals surface area contributed by atoms with Crippen LogP contribution in [-0.4, -0.2) is 45.3 Å². The normalized spacial score (nSPS) is 12.9. The fourth-order valence-electron chi connectivity index (χ4n) is 2.78. The molecule has 0 spiro atoms. The molecular formula is C17H19N5O4. The number of rotatable bonds is 5. The first kappa shape index (κ1) is 17.6. The van der Waals surface area contributed by atoms with E-state index >= 15 is 0 Å². The van der Waals surface area contributed by atoms with Crippen molar-refractivity contribution >= 4 is 11.8 Å². The summed E-state index contributed by atoms with van der Waals surface area (Å²) in [6.45, 7) is 4.62. The van der Waals surface area contributed by atoms with Gasteiger partial charge in [-0.05, 0) is 19.9 Å². The second-order valence-electron chi connectivity index (χ2n) is 5.86. The monoisotopic (exact) mass is 357 g/mol. The van der Waals surface area contributed by atoms with Gasteiger partial charge in [0.25, 0.3) is 17.4 Å². The number of pyridine rings is 1. The number of H-pyrrole nitrogens is 1. The maximum Gasteiger partial charge on any atom is 0.263 e. The summed E-state index contributed by atoms with van der Waals surface area (Å²) < 4.78 is 5.28. The molecule has 3 heterocycles. The number of methoxy groups -OCH3 is 1. The highest BCUT2D eigenvalue weighted by Gasteiger charge is 2.29. The molecule has 26 heavy (non-hydrogen) atoms. The lowest BCUT2D eigenvalue weighted by Gasteiger charge is -2.10. The number of ether oxygens (including phenoxy) is 1. The summed E-state index contributed by atoms with van der Waals surface area (Å²) in [6, 6.07) is 1.68. The maximum absolute atomic E-state index is 12.3. The molecule has 0 aliphatic carbocycles. The highest BCUT2D eigenvalue weighted by Crippen LogP contribution is 2.26. The van der Waals surface area contributed by atoms with Crippen molar-refractivity contribution in [2.24, 2.45) is 0 Å². The number of nitrogens with zero attached hydrogens (tertiary/aromatic N) is 3. The van der Waals surface area contributed by atoms with Crippen molar-refractivity contribution in [3.05, 3.63) is 50.8 Å². The van der Waals surface area contributed by atoms with Crippen LogP contribution in [-0.2, 0) is 13.1 Å². The number of hydrogen-bond donors (Lipinski definition) is 2. The Morgan fingerprint density at radius 2 is 2.19 bits per heavy atom. The number of aryl methyl sites for hydroxylation is 1. The molecule has 0 atom stereocenters. The molecule has 2 aromatic heterocycles. The Bertz CT molecular complexity index is 937. The summed E-state index contributed by atoms with van der Waals surface area (Å²) in [5.74, 6) is 0.105. The van der Waals surface area contributed by atoms with Crippen LogP contribution in [0.1, 0.15) is 44.7 Å². The van der Waals surface area contributed by atoms with Gasteiger partial charge < -0.3 is 19.9 Å². The molecule has 2 amide bonds. The Hall–Kier alpha value is -3.23. The van der Waals surface area contributed by atoms with E-state index in [4.69, 9.17) is 4.74 Å². The summed E-state index contributed by atoms with van der Waals surface area (Å²) in [5.41, 5.74) is 1.12. The summed E-state index contributed by atoms with van der Waals surface area (Å²) >= 11 is 0. The Labute approximate surface area is 149 Å². The van der Waals surface area contributed by atoms with Crippen molar-refractivity contribution in [3.8, 4) is 5.88 Å². The molecule has 136 valence electrons. The van der Waals surface area contributed by atoms with Gasteiger partial charge in [-0.25, -0.2) is 9.97 Å². The number of nitrogens with one attached hydrogen (secondary N) is 2. The zero-order valence-corrected chi connectivity index (χ0v) is 14.8. The highest BCUT2D eigenvalue weighted by atomic mass is 16.5. The van der Waals surface area contributed by atoms with E-state index in [1.165, 1.54) is 13.3 Å². The fraction of sp³-hybridized carbons (Fsp3) is 0.353. The summed E-state index contributed by atoms with van der Waals surface area (Å²) in [7, 11) is 1.48. The van der Waals surface area contributed by atoms with Crippen LogP contribution in [0.4, 0.5) is 0 Å². The number of carbonyl (C=O) groups is 2. The molecule has 0 fully saturated rings. The smallest absolute Gasteiger partial charge is 0.263 e. The van der Waals surface area contributed by atoms with Crippen molar-refractivity contribution in [1.82, 2.24) is 25.2 Å². The fourth-order valence-corrected chi connectivity index (χ4v) is 2.78. The number of aromatic amines is 1. The lowest BCUT2D eigenvalue weighted by atomic mass is 10.1. The largest absolute Gasteiger partial charge is 0.481 e. The standard InChI is InChI=1S/C17H19N5O4/c1-4-22-8-13-11(17(22)25)5-10(16(21-13)26-3)6-19-14(23)12-7-18-9(2)20-15(12)24/h5,7H,4,6,8H2,1-3H3,(H,19,23)(H,18,20,24). The van der Waals surface area contributed by atoms with Crippen LogP contribution >= 0.6 is 0 Å². The Morgan fingerprint density at radius 1 is 1.42 bits per heavy atom. The third kappa shape index (κ3) is 3.15. The number of aromatic nitrogens is 3. The van der Waals surface area contributed by atoms with Crippen molar-refractivity contribution in [2.75, 3.05) is 13.7 Å². The van der Waals surface area contributed by atoms with Gasteiger partial charge in [-0.15, -0.1) is 0 Å². The molecule has 0 aromatic carbocycles. The molecule has 0 unspecified atom stereocenters. The van der Waals surface area contributed by atoms with Gasteiger partial charge in [0.15, 0.2) is 0 Å². The van der Waals surface area contributed by atoms with Gasteiger partial charge in [0, 0.05) is 24.8 Å². The highest BCUT2D eigenvalue weighted by molar-refractivity contribution is 5.98. The first-order valence-corrected chi connectivity index (χ1v) is 8.14. The van der Waals surface area contributed by atoms with Gasteiger partial charge in [-0.1, -0.05) is 0 Å². The van der Waals surface area contributed by atoms with E-state index in [0.29, 0.717) is 41.6 Å². The average Bonchev–Trinajstić information content (AvgIpc) is 2.94. The Balaban J connectivity index is 1.82. The number of fused-ring (bicyclic) bond motifs is 1. The summed E-state index contributed by atoms with van der Waals surface area (Å²) in [6.07, 6.45) is 1.23. The quantitative estimate of drug-likeness (QED) is 0.799. The van der Waals surface area contributed by atoms with E-state index in [2.05, 4.69) is 20.3 Å². The van der Waals surface area contributed by atoms with Crippen molar-refractivity contribution < 1.29 is 14.3 Å². The van der Waals surface area contributed by atoms with E-state index in [0.717, 1.165) is 0 Å². The van der Waals surface area contributed by atoms with E-state index in [9.17, 15) is 14.4 Å². The molecule has 0 radical (unpaired) electrons. The molecule has 0 saturated carbocycles. The lowest BCUT2D eigenvalue weighted by molar-refractivity contribution is 0.0786. The van der Waals surface area contributed by atoms with Crippen LogP contribution < -0.4 is 15.6 Å². The zero-order valence-electron chi connectivity index (χ0n) is 14.8. The molecular weight excluding hydrogens is 338 g/mol. The average molecular weight is 357 g/mol. The van der Waals surface area contributed by atoms with Gasteiger partial charge in [-0.2, -0.15) is 0 Å². The van der Waals surface area contributed by atoms with Gasteiger partial charge in [0.05, 0.1) is 24.9 Å². The van der Waals surface area contributed by atoms with Crippen molar-refractivity contribution in [3.63, 3.8) is 0 Å². The molecule has 1 aliphatic rings. The minimum atomic E-state index is -0.567. The molecule has 1 aliphatic heterocycles. The SMILES string of the molecule is CCN1Cc2nc(OC)c(CNC(=O)c3cnc(C)[nH]c3=O)cc2C1=O. The zero-order chi connectivity index (χ0) is 18.8. The van der Waals surface area contributed by atoms with E-state index in [1.54, 1.807) is 17.9 Å². The van der Waals surface area contributed by atoms with Gasteiger partial charge in [-0.3, -0.25) is 14.4 Å². The van der Waals surface area contributed by atoms with Crippen LogP contribution in [0.25, 0.3) is 0 Å². The van der Waals surface area contributed by atoms with Crippen LogP contribution in [0.15, 0.2) is 17.1 Å². The lowest BCUT2D eigenvalue weighted by Crippen LogP contribution is -2.30. The summed E-state index contributed by atoms with van der Waals surface area (Å²) in [5, 5.41) is 2.64. The van der Waals surface area contributed by atoms with Crippen LogP contribution in [0.5, 0.6) is 5.88 Å². The van der Waals surface area contributed by atoms with Gasteiger partial charge >= 0.3 is 0 Å². The minimum absolute atomic E-state index is 0.0645. The molecule has 2 aromatic rings. The third-order valence-electron chi connectivity index (χ3n) is 4.18. The Kier molecular flexibility index (Phi) is 4.70. The topological polar surface area (TPSA) is 117 Å². The molecule has 3 rings (SSSR count). The maximum atomic E-state index is 12.3. The van der Waals surface area contributed by atoms with Gasteiger partial charge in [0.1, 0.15) is 11.4 Å². The van der Waals surface area contributed by atoms with E-state index in [1.807, 2.05) is 6.92 Å². The van der Waals surface area contributed by atoms with E-state index < -0.39 is 11.5 Å². The number of carbonyl (C=O) groups excluding carboxylic acids is 2. The van der Waals surface area contributed by atoms with Gasteiger partial charge in [0.2, 0.25) is 5.88 Å². The first-order valence-electron chi connectivity index (χ1n) is 8.14. The molecule has 9 heteroatoms. The summed E-state index contributed by atoms with van der Waals surface area (Å²) in [4.78, 5) is 48.9. The second kappa shape index (κ2) is 6.95. The second-order valence-corrected chi connectivity index (χ2v) is 5.86. The predicted molar refractivity (Wildman–Crippen MR) is 92.0 cm³/mol. The van der Waals surface area contributed by atoms with Crippen LogP contribution in [0.3, 0.4) is 0 Å². The first-order chi connectivity index (χ1) is 12.4. The van der Waals surface area contributed by atoms with Crippen LogP contribution in [0, 0.1) is 6.92 Å². The van der Waals surface area contributed by atoms with Crippen molar-refractivity contribution in [1.29, 1.82) is 0 Å². The molecule has 0 bridgehead atoms. The molecule has 2 N–H and O–H groups in total. The third-order valence-corrected chi connectivity index (χ3v) is 4.18. The van der Waals surface area contributed by atoms with Crippen LogP contribution in [0.2, 0.25) is 0 Å². The van der Waals surface area contributed by atoms with Crippen molar-refractivity contribution in [2.45, 2.75) is 26.9 Å².